The molecule has 0 saturated heterocycles. The maximum Gasteiger partial charge on any atom is 0.129 e. The number of hydrogen-bond donors (Lipinski definition) is 0. The van der Waals surface area contributed by atoms with Crippen molar-refractivity contribution in [3.63, 3.8) is 0 Å². The average Bonchev–Trinajstić information content (AvgIpc) is 2.86. The quantitative estimate of drug-likeness (QED) is 0.445. The number of rotatable bonds is 11. The number of halogens is 1. The van der Waals surface area contributed by atoms with Crippen molar-refractivity contribution < 1.29 is 0 Å². The predicted octanol–water partition coefficient (Wildman–Crippen LogP) is 6.19. The first-order valence-electron chi connectivity index (χ1n) is 8.32. The second-order valence-corrected chi connectivity index (χ2v) is 6.59. The molecule has 1 atom stereocenters. The molecule has 2 nitrogen and oxygen atoms in total. The van der Waals surface area contributed by atoms with Gasteiger partial charge in [0.05, 0.1) is 12.5 Å². The van der Waals surface area contributed by atoms with E-state index in [1.54, 1.807) is 6.20 Å². The van der Waals surface area contributed by atoms with Gasteiger partial charge in [-0.2, -0.15) is 0 Å². The Balaban J connectivity index is 2.57. The van der Waals surface area contributed by atoms with Gasteiger partial charge in [0, 0.05) is 5.54 Å². The van der Waals surface area contributed by atoms with Crippen molar-refractivity contribution in [3.05, 3.63) is 17.7 Å². The molecule has 116 valence electrons. The minimum Gasteiger partial charge on any atom is -0.316 e. The largest absolute Gasteiger partial charge is 0.316 e. The zero-order valence-electron chi connectivity index (χ0n) is 13.5. The topological polar surface area (TPSA) is 17.8 Å². The van der Waals surface area contributed by atoms with Crippen LogP contribution in [0.5, 0.6) is 0 Å². The van der Waals surface area contributed by atoms with Crippen molar-refractivity contribution in [1.82, 2.24) is 9.55 Å². The maximum atomic E-state index is 6.30. The van der Waals surface area contributed by atoms with Gasteiger partial charge in [0.15, 0.2) is 0 Å². The number of imidazole rings is 1. The molecule has 0 spiro atoms. The Labute approximate surface area is 129 Å². The van der Waals surface area contributed by atoms with Crippen LogP contribution in [0.3, 0.4) is 0 Å². The normalized spacial score (nSPS) is 14.4. The summed E-state index contributed by atoms with van der Waals surface area (Å²) in [6, 6.07) is 0. The molecule has 0 amide bonds. The van der Waals surface area contributed by atoms with E-state index in [9.17, 15) is 0 Å². The van der Waals surface area contributed by atoms with Gasteiger partial charge >= 0.3 is 0 Å². The first-order chi connectivity index (χ1) is 9.64. The smallest absolute Gasteiger partial charge is 0.129 e. The molecule has 0 fully saturated rings. The van der Waals surface area contributed by atoms with Crippen LogP contribution in [0.2, 0.25) is 5.15 Å². The van der Waals surface area contributed by atoms with Crippen LogP contribution in [-0.2, 0) is 5.54 Å². The molecule has 0 N–H and O–H groups in total. The molecule has 20 heavy (non-hydrogen) atoms. The molecule has 0 saturated carbocycles. The summed E-state index contributed by atoms with van der Waals surface area (Å²) in [5, 5.41) is 0.776. The highest BCUT2D eigenvalue weighted by Gasteiger charge is 2.26. The zero-order chi connectivity index (χ0) is 14.8. The van der Waals surface area contributed by atoms with Gasteiger partial charge < -0.3 is 4.57 Å². The van der Waals surface area contributed by atoms with E-state index in [4.69, 9.17) is 11.6 Å². The van der Waals surface area contributed by atoms with E-state index < -0.39 is 0 Å². The summed E-state index contributed by atoms with van der Waals surface area (Å²) < 4.78 is 2.18. The molecule has 0 radical (unpaired) electrons. The fourth-order valence-electron chi connectivity index (χ4n) is 2.91. The van der Waals surface area contributed by atoms with Crippen molar-refractivity contribution >= 4 is 11.6 Å². The van der Waals surface area contributed by atoms with Gasteiger partial charge in [-0.1, -0.05) is 76.8 Å². The van der Waals surface area contributed by atoms with E-state index in [-0.39, 0.29) is 5.54 Å². The number of unbranched alkanes of at least 4 members (excludes halogenated alkanes) is 6. The Bertz CT molecular complexity index is 362. The maximum absolute atomic E-state index is 6.30. The fourth-order valence-corrected chi connectivity index (χ4v) is 3.21. The van der Waals surface area contributed by atoms with Gasteiger partial charge in [-0.3, -0.25) is 0 Å². The van der Waals surface area contributed by atoms with Crippen LogP contribution in [0.1, 0.15) is 85.0 Å². The lowest BCUT2D eigenvalue weighted by Crippen LogP contribution is -2.29. The first-order valence-corrected chi connectivity index (χ1v) is 8.70. The molecule has 1 heterocycles. The minimum absolute atomic E-state index is 0.134. The lowest BCUT2D eigenvalue weighted by molar-refractivity contribution is 0.251. The summed E-state index contributed by atoms with van der Waals surface area (Å²) >= 11 is 6.30. The molecule has 0 aliphatic rings. The second kappa shape index (κ2) is 9.44. The first kappa shape index (κ1) is 17.6. The van der Waals surface area contributed by atoms with Crippen molar-refractivity contribution in [2.45, 2.75) is 90.5 Å². The molecule has 1 unspecified atom stereocenters. The number of aromatic nitrogens is 2. The van der Waals surface area contributed by atoms with Gasteiger partial charge in [0.1, 0.15) is 5.15 Å². The van der Waals surface area contributed by atoms with E-state index in [0.29, 0.717) is 0 Å². The van der Waals surface area contributed by atoms with Crippen LogP contribution < -0.4 is 0 Å². The summed E-state index contributed by atoms with van der Waals surface area (Å²) in [6.45, 7) is 6.86. The third-order valence-corrected chi connectivity index (χ3v) is 4.59. The lowest BCUT2D eigenvalue weighted by Gasteiger charge is -2.32. The monoisotopic (exact) mass is 298 g/mol. The molecule has 0 aliphatic heterocycles. The van der Waals surface area contributed by atoms with Gasteiger partial charge in [-0.05, 0) is 19.8 Å². The Kier molecular flexibility index (Phi) is 8.28. The van der Waals surface area contributed by atoms with Gasteiger partial charge in [0.2, 0.25) is 0 Å². The zero-order valence-corrected chi connectivity index (χ0v) is 14.3. The van der Waals surface area contributed by atoms with Crippen LogP contribution in [-0.4, -0.2) is 9.55 Å². The summed E-state index contributed by atoms with van der Waals surface area (Å²) in [5.74, 6) is 0. The molecule has 3 heteroatoms. The molecule has 0 aromatic carbocycles. The van der Waals surface area contributed by atoms with E-state index >= 15 is 0 Å². The van der Waals surface area contributed by atoms with E-state index in [2.05, 4.69) is 30.3 Å². The van der Waals surface area contributed by atoms with Crippen LogP contribution in [0.15, 0.2) is 12.5 Å². The average molecular weight is 299 g/mol. The van der Waals surface area contributed by atoms with Crippen LogP contribution in [0, 0.1) is 0 Å². The molecule has 1 aromatic rings. The van der Waals surface area contributed by atoms with Crippen LogP contribution in [0.4, 0.5) is 0 Å². The van der Waals surface area contributed by atoms with Gasteiger partial charge in [0.25, 0.3) is 0 Å². The molecular formula is C17H31ClN2. The molecule has 0 bridgehead atoms. The Morgan fingerprint density at radius 3 is 2.10 bits per heavy atom. The van der Waals surface area contributed by atoms with E-state index in [0.717, 1.165) is 5.15 Å². The highest BCUT2D eigenvalue weighted by molar-refractivity contribution is 6.29. The highest BCUT2D eigenvalue weighted by atomic mass is 35.5. The fraction of sp³-hybridized carbons (Fsp3) is 0.824. The van der Waals surface area contributed by atoms with Gasteiger partial charge in [-0.15, -0.1) is 0 Å². The summed E-state index contributed by atoms with van der Waals surface area (Å²) in [4.78, 5) is 4.20. The highest BCUT2D eigenvalue weighted by Crippen LogP contribution is 2.32. The summed E-state index contributed by atoms with van der Waals surface area (Å²) in [7, 11) is 0. The summed E-state index contributed by atoms with van der Waals surface area (Å²) in [6.07, 6.45) is 16.6. The van der Waals surface area contributed by atoms with Crippen molar-refractivity contribution in [3.8, 4) is 0 Å². The molecular weight excluding hydrogens is 268 g/mol. The molecule has 1 rings (SSSR count). The van der Waals surface area contributed by atoms with E-state index in [1.807, 2.05) is 6.33 Å². The standard InChI is InChI=1S/C17H31ClN2/c1-4-6-8-9-11-13-17(3,12-10-7-5-2)20-15-19-14-16(20)18/h14-15H,4-13H2,1-3H3. The molecule has 0 aliphatic carbocycles. The third-order valence-electron chi connectivity index (χ3n) is 4.31. The number of hydrogen-bond acceptors (Lipinski definition) is 1. The molecule has 1 aromatic heterocycles. The van der Waals surface area contributed by atoms with E-state index in [1.165, 1.54) is 64.2 Å². The SMILES string of the molecule is CCCCCCCC(C)(CCCCC)n1cncc1Cl. The predicted molar refractivity (Wildman–Crippen MR) is 88.4 cm³/mol. The second-order valence-electron chi connectivity index (χ2n) is 6.20. The van der Waals surface area contributed by atoms with Crippen LogP contribution in [0.25, 0.3) is 0 Å². The summed E-state index contributed by atoms with van der Waals surface area (Å²) in [5.41, 5.74) is 0.134. The van der Waals surface area contributed by atoms with Crippen molar-refractivity contribution in [2.24, 2.45) is 0 Å². The Hall–Kier alpha value is -0.500. The van der Waals surface area contributed by atoms with Crippen molar-refractivity contribution in [2.75, 3.05) is 0 Å². The third kappa shape index (κ3) is 5.47. The van der Waals surface area contributed by atoms with Crippen molar-refractivity contribution in [1.29, 1.82) is 0 Å². The number of nitrogens with zero attached hydrogens (tertiary/aromatic N) is 2. The minimum atomic E-state index is 0.134. The lowest BCUT2D eigenvalue weighted by atomic mass is 9.88. The Morgan fingerprint density at radius 1 is 1.00 bits per heavy atom. The van der Waals surface area contributed by atoms with Gasteiger partial charge in [-0.25, -0.2) is 4.98 Å². The Morgan fingerprint density at radius 2 is 1.55 bits per heavy atom. The van der Waals surface area contributed by atoms with Crippen LogP contribution >= 0.6 is 11.6 Å².